The summed E-state index contributed by atoms with van der Waals surface area (Å²) in [6, 6.07) is 16.6. The van der Waals surface area contributed by atoms with E-state index in [1.807, 2.05) is 36.4 Å². The van der Waals surface area contributed by atoms with E-state index in [0.29, 0.717) is 17.4 Å². The molecule has 4 rings (SSSR count). The van der Waals surface area contributed by atoms with Gasteiger partial charge in [-0.05, 0) is 42.4 Å². The van der Waals surface area contributed by atoms with Gasteiger partial charge in [0.25, 0.3) is 5.88 Å². The second kappa shape index (κ2) is 9.33. The van der Waals surface area contributed by atoms with Crippen molar-refractivity contribution in [1.82, 2.24) is 10.1 Å². The fraction of sp³-hybridized carbons (Fsp3) is 0.360. The topological polar surface area (TPSA) is 67.7 Å². The van der Waals surface area contributed by atoms with E-state index in [9.17, 15) is 4.39 Å². The predicted molar refractivity (Wildman–Crippen MR) is 122 cm³/mol. The van der Waals surface area contributed by atoms with Crippen molar-refractivity contribution in [2.45, 2.75) is 39.0 Å². The lowest BCUT2D eigenvalue weighted by atomic mass is 9.91. The van der Waals surface area contributed by atoms with Gasteiger partial charge < -0.3 is 15.2 Å². The molecule has 6 heteroatoms. The second-order valence-electron chi connectivity index (χ2n) is 8.29. The Balaban J connectivity index is 1.50. The van der Waals surface area contributed by atoms with Crippen LogP contribution in [0, 0.1) is 11.7 Å². The van der Waals surface area contributed by atoms with Crippen molar-refractivity contribution in [3.63, 3.8) is 0 Å². The first-order chi connectivity index (χ1) is 15.0. The zero-order chi connectivity index (χ0) is 21.8. The van der Waals surface area contributed by atoms with Gasteiger partial charge in [-0.25, -0.2) is 4.39 Å². The maximum atomic E-state index is 14.1. The Labute approximate surface area is 182 Å². The highest BCUT2D eigenvalue weighted by Gasteiger charge is 2.20. The van der Waals surface area contributed by atoms with Crippen molar-refractivity contribution in [2.24, 2.45) is 16.6 Å². The number of nitrogens with two attached hydrogens (primary N) is 1. The van der Waals surface area contributed by atoms with Crippen molar-refractivity contribution in [3.05, 3.63) is 71.7 Å². The zero-order valence-corrected chi connectivity index (χ0v) is 18.1. The van der Waals surface area contributed by atoms with Crippen LogP contribution in [0.3, 0.4) is 0 Å². The first-order valence-electron chi connectivity index (χ1n) is 11.0. The number of aromatic nitrogens is 1. The van der Waals surface area contributed by atoms with Gasteiger partial charge in [0.05, 0.1) is 5.69 Å². The van der Waals surface area contributed by atoms with Crippen LogP contribution in [0.5, 0.6) is 0 Å². The van der Waals surface area contributed by atoms with Gasteiger partial charge in [0.2, 0.25) is 0 Å². The molecule has 2 heterocycles. The highest BCUT2D eigenvalue weighted by atomic mass is 19.1. The van der Waals surface area contributed by atoms with Crippen LogP contribution in [0.25, 0.3) is 11.1 Å². The molecule has 0 aliphatic carbocycles. The number of hydrogen-bond donors (Lipinski definition) is 1. The Morgan fingerprint density at radius 1 is 1.19 bits per heavy atom. The summed E-state index contributed by atoms with van der Waals surface area (Å²) in [5.74, 6) is 1.49. The van der Waals surface area contributed by atoms with Crippen LogP contribution in [-0.4, -0.2) is 29.1 Å². The van der Waals surface area contributed by atoms with Gasteiger partial charge in [0.1, 0.15) is 5.82 Å². The van der Waals surface area contributed by atoms with Gasteiger partial charge in [0.15, 0.2) is 5.96 Å². The summed E-state index contributed by atoms with van der Waals surface area (Å²) in [5.41, 5.74) is 9.57. The molecule has 1 aromatic heterocycles. The van der Waals surface area contributed by atoms with E-state index in [4.69, 9.17) is 10.3 Å². The minimum absolute atomic E-state index is 0.0689. The molecular weight excluding hydrogens is 391 g/mol. The van der Waals surface area contributed by atoms with Crippen LogP contribution in [0.4, 0.5) is 10.3 Å². The van der Waals surface area contributed by atoms with Crippen molar-refractivity contribution in [3.8, 4) is 11.1 Å². The minimum atomic E-state index is -0.220. The van der Waals surface area contributed by atoms with E-state index < -0.39 is 0 Å². The van der Waals surface area contributed by atoms with Crippen molar-refractivity contribution < 1.29 is 8.91 Å². The fourth-order valence-electron chi connectivity index (χ4n) is 4.12. The van der Waals surface area contributed by atoms with Crippen LogP contribution in [-0.2, 0) is 0 Å². The van der Waals surface area contributed by atoms with Gasteiger partial charge in [-0.15, -0.1) is 0 Å². The minimum Gasteiger partial charge on any atom is -0.369 e. The van der Waals surface area contributed by atoms with Crippen molar-refractivity contribution in [2.75, 3.05) is 13.1 Å². The van der Waals surface area contributed by atoms with Crippen molar-refractivity contribution >= 4 is 11.8 Å². The second-order valence-corrected chi connectivity index (χ2v) is 8.29. The molecule has 0 spiro atoms. The van der Waals surface area contributed by atoms with Crippen LogP contribution in [0.15, 0.2) is 64.1 Å². The molecule has 0 bridgehead atoms. The molecule has 31 heavy (non-hydrogen) atoms. The predicted octanol–water partition coefficient (Wildman–Crippen LogP) is 5.70. The average Bonchev–Trinajstić information content (AvgIpc) is 3.23. The smallest absolute Gasteiger partial charge is 0.253 e. The number of guanidine groups is 1. The molecule has 0 saturated carbocycles. The van der Waals surface area contributed by atoms with Gasteiger partial charge in [-0.2, -0.15) is 4.99 Å². The number of nitrogens with zero attached hydrogens (tertiary/aromatic N) is 3. The van der Waals surface area contributed by atoms with E-state index in [-0.39, 0.29) is 11.7 Å². The molecule has 2 N–H and O–H groups in total. The summed E-state index contributed by atoms with van der Waals surface area (Å²) < 4.78 is 19.5. The average molecular weight is 421 g/mol. The molecule has 162 valence electrons. The normalized spacial score (nSPS) is 16.5. The Morgan fingerprint density at radius 3 is 2.58 bits per heavy atom. The molecule has 5 nitrogen and oxygen atoms in total. The molecule has 0 radical (unpaired) electrons. The Kier molecular flexibility index (Phi) is 6.35. The summed E-state index contributed by atoms with van der Waals surface area (Å²) in [5, 5.41) is 4.25. The van der Waals surface area contributed by atoms with Crippen LogP contribution >= 0.6 is 0 Å². The van der Waals surface area contributed by atoms with Gasteiger partial charge in [-0.3, -0.25) is 0 Å². The maximum Gasteiger partial charge on any atom is 0.253 e. The molecule has 1 saturated heterocycles. The third kappa shape index (κ3) is 4.79. The lowest BCUT2D eigenvalue weighted by Gasteiger charge is -2.30. The molecule has 1 fully saturated rings. The lowest BCUT2D eigenvalue weighted by Crippen LogP contribution is -2.42. The van der Waals surface area contributed by atoms with E-state index in [1.54, 1.807) is 12.1 Å². The Morgan fingerprint density at radius 2 is 1.90 bits per heavy atom. The van der Waals surface area contributed by atoms with E-state index in [1.165, 1.54) is 6.07 Å². The third-order valence-electron chi connectivity index (χ3n) is 6.11. The Bertz CT molecular complexity index is 1040. The van der Waals surface area contributed by atoms with Gasteiger partial charge in [0, 0.05) is 30.6 Å². The number of aliphatic imine (C=N–C) groups is 1. The number of likely N-dealkylation sites (tertiary alicyclic amines) is 1. The summed E-state index contributed by atoms with van der Waals surface area (Å²) in [6.07, 6.45) is 3.10. The molecular formula is C25H29FN4O. The van der Waals surface area contributed by atoms with Crippen molar-refractivity contribution in [1.29, 1.82) is 0 Å². The van der Waals surface area contributed by atoms with Gasteiger partial charge >= 0.3 is 0 Å². The van der Waals surface area contributed by atoms with E-state index in [2.05, 4.69) is 28.9 Å². The zero-order valence-electron chi connectivity index (χ0n) is 18.1. The molecule has 1 unspecified atom stereocenters. The molecule has 2 aromatic carbocycles. The first-order valence-corrected chi connectivity index (χ1v) is 11.0. The summed E-state index contributed by atoms with van der Waals surface area (Å²) >= 11 is 0. The number of halogens is 1. The quantitative estimate of drug-likeness (QED) is 0.425. The maximum absolute atomic E-state index is 14.1. The lowest BCUT2D eigenvalue weighted by molar-refractivity contribution is 0.278. The van der Waals surface area contributed by atoms with Gasteiger partial charge in [-0.1, -0.05) is 61.5 Å². The highest BCUT2D eigenvalue weighted by molar-refractivity contribution is 5.80. The van der Waals surface area contributed by atoms with Crippen LogP contribution in [0.2, 0.25) is 0 Å². The number of piperidine rings is 1. The molecule has 1 aliphatic heterocycles. The standard InChI is InChI=1S/C25H29FN4O/c1-3-20(18-8-10-19(11-9-18)21-6-4-5-7-22(21)26)23-16-24(31-29-23)28-25(27)30-14-12-17(2)13-15-30/h4-11,16-17,20H,3,12-15H2,1-2H3,(H2,27,28). The third-order valence-corrected chi connectivity index (χ3v) is 6.11. The molecule has 1 atom stereocenters. The molecule has 1 aliphatic rings. The monoisotopic (exact) mass is 420 g/mol. The first kappa shape index (κ1) is 21.1. The highest BCUT2D eigenvalue weighted by Crippen LogP contribution is 2.32. The van der Waals surface area contributed by atoms with Crippen LogP contribution < -0.4 is 5.73 Å². The van der Waals surface area contributed by atoms with E-state index >= 15 is 0 Å². The fourth-order valence-corrected chi connectivity index (χ4v) is 4.12. The summed E-state index contributed by atoms with van der Waals surface area (Å²) in [7, 11) is 0. The number of rotatable bonds is 5. The van der Waals surface area contributed by atoms with Crippen LogP contribution in [0.1, 0.15) is 50.3 Å². The van der Waals surface area contributed by atoms with E-state index in [0.717, 1.165) is 55.1 Å². The SMILES string of the molecule is CCC(c1ccc(-c2ccccc2F)cc1)c1cc(N=C(N)N2CCC(C)CC2)on1. The molecule has 3 aromatic rings. The number of hydrogen-bond acceptors (Lipinski definition) is 3. The Hall–Kier alpha value is -3.15. The summed E-state index contributed by atoms with van der Waals surface area (Å²) in [4.78, 5) is 6.55. The summed E-state index contributed by atoms with van der Waals surface area (Å²) in [6.45, 7) is 6.21. The largest absolute Gasteiger partial charge is 0.369 e. The molecule has 0 amide bonds. The number of benzene rings is 2.